The van der Waals surface area contributed by atoms with Crippen LogP contribution >= 0.6 is 0 Å². The summed E-state index contributed by atoms with van der Waals surface area (Å²) in [6.07, 6.45) is 0. The van der Waals surface area contributed by atoms with E-state index in [4.69, 9.17) is 0 Å². The number of amides is 1. The smallest absolute Gasteiger partial charge is 0.251 e. The quantitative estimate of drug-likeness (QED) is 0.885. The molecular formula is C17H21N3O. The number of carbonyl (C=O) groups is 1. The molecule has 4 nitrogen and oxygen atoms in total. The number of aromatic nitrogens is 1. The van der Waals surface area contributed by atoms with Gasteiger partial charge in [-0.2, -0.15) is 0 Å². The number of nitrogens with one attached hydrogen (secondary N) is 2. The first kappa shape index (κ1) is 15.0. The number of aryl methyl sites for hydroxylation is 1. The number of hydrogen-bond acceptors (Lipinski definition) is 3. The number of rotatable bonds is 5. The van der Waals surface area contributed by atoms with Crippen LogP contribution in [0.15, 0.2) is 42.5 Å². The summed E-state index contributed by atoms with van der Waals surface area (Å²) in [7, 11) is 0. The van der Waals surface area contributed by atoms with Gasteiger partial charge in [-0.15, -0.1) is 0 Å². The Kier molecular flexibility index (Phi) is 4.93. The second-order valence-electron chi connectivity index (χ2n) is 5.02. The van der Waals surface area contributed by atoms with Gasteiger partial charge in [-0.3, -0.25) is 4.79 Å². The highest BCUT2D eigenvalue weighted by Crippen LogP contribution is 2.14. The van der Waals surface area contributed by atoms with Crippen molar-refractivity contribution in [3.8, 4) is 0 Å². The highest BCUT2D eigenvalue weighted by atomic mass is 16.1. The molecule has 0 saturated carbocycles. The van der Waals surface area contributed by atoms with Crippen LogP contribution in [0.2, 0.25) is 0 Å². The Morgan fingerprint density at radius 3 is 2.62 bits per heavy atom. The fourth-order valence-corrected chi connectivity index (χ4v) is 2.18. The number of carbonyl (C=O) groups excluding carboxylic acids is 1. The van der Waals surface area contributed by atoms with Gasteiger partial charge < -0.3 is 10.6 Å². The fourth-order valence-electron chi connectivity index (χ4n) is 2.18. The highest BCUT2D eigenvalue weighted by Gasteiger charge is 2.12. The van der Waals surface area contributed by atoms with Crippen molar-refractivity contribution in [2.45, 2.75) is 26.8 Å². The standard InChI is InChI=1S/C17H21N3O/c1-4-18-16-11-15(10-12(2)19-16)17(21)20-13(3)14-8-6-5-7-9-14/h5-11,13H,4H2,1-3H3,(H,18,19)(H,20,21). The summed E-state index contributed by atoms with van der Waals surface area (Å²) in [5, 5.41) is 6.15. The summed E-state index contributed by atoms with van der Waals surface area (Å²) in [4.78, 5) is 16.7. The van der Waals surface area contributed by atoms with Gasteiger partial charge in [0.15, 0.2) is 0 Å². The molecule has 21 heavy (non-hydrogen) atoms. The largest absolute Gasteiger partial charge is 0.370 e. The van der Waals surface area contributed by atoms with Crippen molar-refractivity contribution < 1.29 is 4.79 Å². The maximum atomic E-state index is 12.4. The maximum Gasteiger partial charge on any atom is 0.251 e. The van der Waals surface area contributed by atoms with E-state index in [0.29, 0.717) is 5.56 Å². The van der Waals surface area contributed by atoms with E-state index in [0.717, 1.165) is 23.6 Å². The first-order chi connectivity index (χ1) is 10.1. The first-order valence-electron chi connectivity index (χ1n) is 7.18. The second kappa shape index (κ2) is 6.88. The van der Waals surface area contributed by atoms with Crippen LogP contribution in [-0.2, 0) is 0 Å². The molecule has 0 spiro atoms. The van der Waals surface area contributed by atoms with Gasteiger partial charge in [-0.25, -0.2) is 4.98 Å². The summed E-state index contributed by atoms with van der Waals surface area (Å²) in [6, 6.07) is 13.5. The summed E-state index contributed by atoms with van der Waals surface area (Å²) >= 11 is 0. The SMILES string of the molecule is CCNc1cc(C(=O)NC(C)c2ccccc2)cc(C)n1. The van der Waals surface area contributed by atoms with Gasteiger partial charge in [0.1, 0.15) is 5.82 Å². The third-order valence-corrected chi connectivity index (χ3v) is 3.22. The number of hydrogen-bond donors (Lipinski definition) is 2. The topological polar surface area (TPSA) is 54.0 Å². The minimum Gasteiger partial charge on any atom is -0.370 e. The molecule has 1 unspecified atom stereocenters. The van der Waals surface area contributed by atoms with Gasteiger partial charge in [-0.05, 0) is 38.5 Å². The Balaban J connectivity index is 2.13. The van der Waals surface area contributed by atoms with Crippen molar-refractivity contribution >= 4 is 11.7 Å². The first-order valence-corrected chi connectivity index (χ1v) is 7.18. The van der Waals surface area contributed by atoms with Crippen LogP contribution in [0.3, 0.4) is 0 Å². The van der Waals surface area contributed by atoms with Crippen molar-refractivity contribution in [2.24, 2.45) is 0 Å². The average molecular weight is 283 g/mol. The van der Waals surface area contributed by atoms with Crippen molar-refractivity contribution in [1.82, 2.24) is 10.3 Å². The van der Waals surface area contributed by atoms with Gasteiger partial charge in [0.05, 0.1) is 6.04 Å². The van der Waals surface area contributed by atoms with Gasteiger partial charge in [0, 0.05) is 17.8 Å². The van der Waals surface area contributed by atoms with Gasteiger partial charge in [0.2, 0.25) is 0 Å². The molecule has 0 bridgehead atoms. The Morgan fingerprint density at radius 2 is 1.95 bits per heavy atom. The molecule has 0 aliphatic rings. The normalized spacial score (nSPS) is 11.8. The van der Waals surface area contributed by atoms with Crippen LogP contribution < -0.4 is 10.6 Å². The molecule has 2 aromatic rings. The number of pyridine rings is 1. The highest BCUT2D eigenvalue weighted by molar-refractivity contribution is 5.95. The number of anilines is 1. The summed E-state index contributed by atoms with van der Waals surface area (Å²) in [5.41, 5.74) is 2.54. The molecule has 0 radical (unpaired) electrons. The summed E-state index contributed by atoms with van der Waals surface area (Å²) in [5.74, 6) is 0.644. The minimum absolute atomic E-state index is 0.0326. The number of benzene rings is 1. The molecule has 1 amide bonds. The Hall–Kier alpha value is -2.36. The van der Waals surface area contributed by atoms with E-state index >= 15 is 0 Å². The lowest BCUT2D eigenvalue weighted by Gasteiger charge is -2.15. The summed E-state index contributed by atoms with van der Waals surface area (Å²) < 4.78 is 0. The van der Waals surface area contributed by atoms with Crippen LogP contribution in [0.4, 0.5) is 5.82 Å². The molecule has 1 heterocycles. The zero-order valence-corrected chi connectivity index (χ0v) is 12.7. The monoisotopic (exact) mass is 283 g/mol. The zero-order chi connectivity index (χ0) is 15.2. The van der Waals surface area contributed by atoms with Crippen LogP contribution in [0.1, 0.15) is 41.5 Å². The minimum atomic E-state index is -0.0870. The van der Waals surface area contributed by atoms with Gasteiger partial charge in [0.25, 0.3) is 5.91 Å². The lowest BCUT2D eigenvalue weighted by atomic mass is 10.1. The third-order valence-electron chi connectivity index (χ3n) is 3.22. The van der Waals surface area contributed by atoms with Crippen LogP contribution in [0.5, 0.6) is 0 Å². The van der Waals surface area contributed by atoms with Gasteiger partial charge >= 0.3 is 0 Å². The molecule has 0 fully saturated rings. The van der Waals surface area contributed by atoms with E-state index in [2.05, 4.69) is 15.6 Å². The number of nitrogens with zero attached hydrogens (tertiary/aromatic N) is 1. The van der Waals surface area contributed by atoms with E-state index in [1.807, 2.05) is 51.1 Å². The third kappa shape index (κ3) is 4.05. The molecule has 2 rings (SSSR count). The molecule has 0 saturated heterocycles. The predicted molar refractivity (Wildman–Crippen MR) is 85.5 cm³/mol. The van der Waals surface area contributed by atoms with Crippen molar-refractivity contribution in [2.75, 3.05) is 11.9 Å². The molecule has 110 valence electrons. The Bertz CT molecular complexity index is 611. The van der Waals surface area contributed by atoms with Crippen LogP contribution in [0.25, 0.3) is 0 Å². The van der Waals surface area contributed by atoms with Crippen molar-refractivity contribution in [3.05, 3.63) is 59.3 Å². The molecule has 1 atom stereocenters. The predicted octanol–water partition coefficient (Wildman–Crippen LogP) is 3.31. The van der Waals surface area contributed by atoms with Gasteiger partial charge in [-0.1, -0.05) is 30.3 Å². The molecule has 2 N–H and O–H groups in total. The molecular weight excluding hydrogens is 262 g/mol. The lowest BCUT2D eigenvalue weighted by molar-refractivity contribution is 0.0939. The van der Waals surface area contributed by atoms with E-state index in [1.165, 1.54) is 0 Å². The zero-order valence-electron chi connectivity index (χ0n) is 12.7. The second-order valence-corrected chi connectivity index (χ2v) is 5.02. The molecule has 0 aliphatic heterocycles. The van der Waals surface area contributed by atoms with E-state index < -0.39 is 0 Å². The Labute approximate surface area is 125 Å². The molecule has 4 heteroatoms. The maximum absolute atomic E-state index is 12.4. The van der Waals surface area contributed by atoms with Crippen molar-refractivity contribution in [1.29, 1.82) is 0 Å². The lowest BCUT2D eigenvalue weighted by Crippen LogP contribution is -2.26. The van der Waals surface area contributed by atoms with Crippen LogP contribution in [-0.4, -0.2) is 17.4 Å². The van der Waals surface area contributed by atoms with Crippen LogP contribution in [0, 0.1) is 6.92 Å². The Morgan fingerprint density at radius 1 is 1.24 bits per heavy atom. The fraction of sp³-hybridized carbons (Fsp3) is 0.294. The van der Waals surface area contributed by atoms with E-state index in [1.54, 1.807) is 12.1 Å². The molecule has 0 aliphatic carbocycles. The molecule has 1 aromatic carbocycles. The summed E-state index contributed by atoms with van der Waals surface area (Å²) in [6.45, 7) is 6.64. The molecule has 1 aromatic heterocycles. The van der Waals surface area contributed by atoms with E-state index in [-0.39, 0.29) is 11.9 Å². The van der Waals surface area contributed by atoms with E-state index in [9.17, 15) is 4.79 Å². The average Bonchev–Trinajstić information content (AvgIpc) is 2.48. The van der Waals surface area contributed by atoms with Crippen molar-refractivity contribution in [3.63, 3.8) is 0 Å².